The predicted octanol–water partition coefficient (Wildman–Crippen LogP) is 2.48. The predicted molar refractivity (Wildman–Crippen MR) is 62.8 cm³/mol. The Bertz CT molecular complexity index is 456. The first-order valence-electron chi connectivity index (χ1n) is 4.94. The summed E-state index contributed by atoms with van der Waals surface area (Å²) in [5.74, 6) is 0.687. The molecule has 17 heavy (non-hydrogen) atoms. The Morgan fingerprint density at radius 1 is 1.47 bits per heavy atom. The first-order chi connectivity index (χ1) is 7.95. The number of hydrogen-bond acceptors (Lipinski definition) is 3. The van der Waals surface area contributed by atoms with Crippen LogP contribution in [0.4, 0.5) is 8.78 Å². The summed E-state index contributed by atoms with van der Waals surface area (Å²) in [5, 5.41) is 7.65. The lowest BCUT2D eigenvalue weighted by atomic mass is 10.1. The number of benzene rings is 1. The van der Waals surface area contributed by atoms with Gasteiger partial charge in [-0.1, -0.05) is 0 Å². The van der Waals surface area contributed by atoms with Crippen LogP contribution in [0.5, 0.6) is 5.75 Å². The molecule has 0 aliphatic rings. The number of alkyl halides is 2. The van der Waals surface area contributed by atoms with Crippen LogP contribution < -0.4 is 10.5 Å². The topological polar surface area (TPSA) is 59.1 Å². The molecule has 0 spiro atoms. The van der Waals surface area contributed by atoms with Crippen molar-refractivity contribution in [2.75, 3.05) is 7.11 Å². The average Bonchev–Trinajstić information content (AvgIpc) is 2.28. The smallest absolute Gasteiger partial charge is 0.277 e. The summed E-state index contributed by atoms with van der Waals surface area (Å²) >= 11 is 0. The zero-order chi connectivity index (χ0) is 13.0. The highest BCUT2D eigenvalue weighted by Crippen LogP contribution is 2.19. The van der Waals surface area contributed by atoms with E-state index in [-0.39, 0.29) is 5.71 Å². The fraction of sp³-hybridized carbons (Fsp3) is 0.250. The number of nitrogens with two attached hydrogens (primary N) is 1. The van der Waals surface area contributed by atoms with Crippen LogP contribution in [-0.4, -0.2) is 19.2 Å². The van der Waals surface area contributed by atoms with E-state index in [1.54, 1.807) is 25.3 Å². The van der Waals surface area contributed by atoms with E-state index in [9.17, 15) is 8.78 Å². The highest BCUT2D eigenvalue weighted by Gasteiger charge is 2.09. The van der Waals surface area contributed by atoms with Crippen molar-refractivity contribution in [3.05, 3.63) is 41.1 Å². The summed E-state index contributed by atoms with van der Waals surface area (Å²) in [4.78, 5) is 0. The SMILES string of the molecule is COc1ccc(C(=N)/C=C(\N)C(F)F)cc1C. The molecule has 1 rings (SSSR count). The van der Waals surface area contributed by atoms with Crippen molar-refractivity contribution >= 4 is 5.71 Å². The highest BCUT2D eigenvalue weighted by atomic mass is 19.3. The Labute approximate surface area is 98.4 Å². The van der Waals surface area contributed by atoms with E-state index in [1.165, 1.54) is 0 Å². The van der Waals surface area contributed by atoms with Gasteiger partial charge >= 0.3 is 0 Å². The Balaban J connectivity index is 2.98. The number of ether oxygens (including phenoxy) is 1. The van der Waals surface area contributed by atoms with Gasteiger partial charge in [0.2, 0.25) is 0 Å². The molecule has 1 aromatic carbocycles. The third-order valence-electron chi connectivity index (χ3n) is 2.27. The Kier molecular flexibility index (Phi) is 4.20. The number of allylic oxidation sites excluding steroid dienone is 2. The molecule has 3 N–H and O–H groups in total. The van der Waals surface area contributed by atoms with E-state index in [1.807, 2.05) is 6.92 Å². The van der Waals surface area contributed by atoms with Gasteiger partial charge < -0.3 is 15.9 Å². The molecule has 0 atom stereocenters. The van der Waals surface area contributed by atoms with Crippen LogP contribution in [0.2, 0.25) is 0 Å². The molecule has 0 heterocycles. The van der Waals surface area contributed by atoms with Gasteiger partial charge in [-0.2, -0.15) is 0 Å². The lowest BCUT2D eigenvalue weighted by molar-refractivity contribution is 0.188. The number of methoxy groups -OCH3 is 1. The second kappa shape index (κ2) is 5.43. The van der Waals surface area contributed by atoms with Gasteiger partial charge in [0.1, 0.15) is 5.75 Å². The molecule has 0 aromatic heterocycles. The zero-order valence-corrected chi connectivity index (χ0v) is 9.63. The van der Waals surface area contributed by atoms with Crippen molar-refractivity contribution in [2.45, 2.75) is 13.3 Å². The van der Waals surface area contributed by atoms with Crippen LogP contribution in [0.15, 0.2) is 30.0 Å². The van der Waals surface area contributed by atoms with Gasteiger partial charge in [-0.25, -0.2) is 8.78 Å². The van der Waals surface area contributed by atoms with E-state index in [0.29, 0.717) is 11.3 Å². The maximum atomic E-state index is 12.2. The fourth-order valence-corrected chi connectivity index (χ4v) is 1.36. The van der Waals surface area contributed by atoms with Gasteiger partial charge in [0, 0.05) is 0 Å². The minimum Gasteiger partial charge on any atom is -0.496 e. The van der Waals surface area contributed by atoms with Crippen molar-refractivity contribution in [1.29, 1.82) is 5.41 Å². The minimum atomic E-state index is -2.74. The van der Waals surface area contributed by atoms with E-state index >= 15 is 0 Å². The first-order valence-corrected chi connectivity index (χ1v) is 4.94. The van der Waals surface area contributed by atoms with Gasteiger partial charge in [0.15, 0.2) is 0 Å². The van der Waals surface area contributed by atoms with Crippen LogP contribution in [0.25, 0.3) is 0 Å². The molecule has 0 radical (unpaired) electrons. The second-order valence-corrected chi connectivity index (χ2v) is 3.54. The van der Waals surface area contributed by atoms with Gasteiger partial charge in [-0.3, -0.25) is 0 Å². The summed E-state index contributed by atoms with van der Waals surface area (Å²) in [6, 6.07) is 5.01. The molecule has 0 saturated carbocycles. The maximum absolute atomic E-state index is 12.2. The molecular formula is C12H14F2N2O. The van der Waals surface area contributed by atoms with E-state index in [4.69, 9.17) is 15.9 Å². The van der Waals surface area contributed by atoms with Crippen LogP contribution in [0.3, 0.4) is 0 Å². The molecule has 0 fully saturated rings. The number of nitrogens with one attached hydrogen (secondary N) is 1. The molecular weight excluding hydrogens is 226 g/mol. The Morgan fingerprint density at radius 2 is 2.12 bits per heavy atom. The third-order valence-corrected chi connectivity index (χ3v) is 2.27. The van der Waals surface area contributed by atoms with E-state index in [0.717, 1.165) is 11.6 Å². The van der Waals surface area contributed by atoms with Gasteiger partial charge in [-0.15, -0.1) is 0 Å². The molecule has 92 valence electrons. The third kappa shape index (κ3) is 3.27. The molecule has 0 bridgehead atoms. The van der Waals surface area contributed by atoms with Crippen LogP contribution in [-0.2, 0) is 0 Å². The lowest BCUT2D eigenvalue weighted by Gasteiger charge is -2.07. The summed E-state index contributed by atoms with van der Waals surface area (Å²) in [6.45, 7) is 1.82. The van der Waals surface area contributed by atoms with E-state index < -0.39 is 12.1 Å². The minimum absolute atomic E-state index is 0.0476. The molecule has 0 amide bonds. The second-order valence-electron chi connectivity index (χ2n) is 3.54. The number of halogens is 2. The average molecular weight is 240 g/mol. The number of hydrogen-bond donors (Lipinski definition) is 2. The van der Waals surface area contributed by atoms with Gasteiger partial charge in [-0.05, 0) is 42.3 Å². The standard InChI is InChI=1S/C12H14F2N2O/c1-7-5-8(3-4-11(7)17-2)9(15)6-10(16)12(13)14/h3-6,12,15H,16H2,1-2H3/b10-6-,15-9?. The monoisotopic (exact) mass is 240 g/mol. The van der Waals surface area contributed by atoms with Crippen molar-refractivity contribution in [2.24, 2.45) is 5.73 Å². The summed E-state index contributed by atoms with van der Waals surface area (Å²) in [7, 11) is 1.54. The molecule has 3 nitrogen and oxygen atoms in total. The summed E-state index contributed by atoms with van der Waals surface area (Å²) < 4.78 is 29.5. The first kappa shape index (κ1) is 13.2. The fourth-order valence-electron chi connectivity index (χ4n) is 1.36. The van der Waals surface area contributed by atoms with Crippen molar-refractivity contribution in [3.8, 4) is 5.75 Å². The molecule has 0 saturated heterocycles. The van der Waals surface area contributed by atoms with Crippen LogP contribution in [0.1, 0.15) is 11.1 Å². The Hall–Kier alpha value is -1.91. The highest BCUT2D eigenvalue weighted by molar-refractivity contribution is 6.07. The summed E-state index contributed by atoms with van der Waals surface area (Å²) in [5.41, 5.74) is 5.79. The number of aryl methyl sites for hydroxylation is 1. The van der Waals surface area contributed by atoms with Crippen molar-refractivity contribution in [3.63, 3.8) is 0 Å². The maximum Gasteiger partial charge on any atom is 0.277 e. The Morgan fingerprint density at radius 3 is 2.59 bits per heavy atom. The van der Waals surface area contributed by atoms with Crippen LogP contribution >= 0.6 is 0 Å². The zero-order valence-electron chi connectivity index (χ0n) is 9.63. The summed E-state index contributed by atoms with van der Waals surface area (Å²) in [6.07, 6.45) is -1.78. The van der Waals surface area contributed by atoms with Gasteiger partial charge in [0.25, 0.3) is 6.43 Å². The molecule has 0 aliphatic carbocycles. The number of rotatable bonds is 4. The van der Waals surface area contributed by atoms with Crippen LogP contribution in [0, 0.1) is 12.3 Å². The largest absolute Gasteiger partial charge is 0.496 e. The normalized spacial score (nSPS) is 11.7. The molecule has 5 heteroatoms. The van der Waals surface area contributed by atoms with Crippen molar-refractivity contribution < 1.29 is 13.5 Å². The molecule has 0 unspecified atom stereocenters. The molecule has 0 aliphatic heterocycles. The van der Waals surface area contributed by atoms with Gasteiger partial charge in [0.05, 0.1) is 18.5 Å². The molecule has 1 aromatic rings. The van der Waals surface area contributed by atoms with Crippen molar-refractivity contribution in [1.82, 2.24) is 0 Å². The quantitative estimate of drug-likeness (QED) is 0.794. The van der Waals surface area contributed by atoms with E-state index in [2.05, 4.69) is 0 Å². The lowest BCUT2D eigenvalue weighted by Crippen LogP contribution is -2.10.